The zero-order valence-electron chi connectivity index (χ0n) is 13.3. The number of fused-ring (bicyclic) bond motifs is 1. The Bertz CT molecular complexity index is 597. The smallest absolute Gasteiger partial charge is 0.242 e. The van der Waals surface area contributed by atoms with E-state index in [-0.39, 0.29) is 5.91 Å². The monoisotopic (exact) mass is 287 g/mol. The molecule has 0 radical (unpaired) electrons. The summed E-state index contributed by atoms with van der Waals surface area (Å²) in [6.07, 6.45) is 2.83. The number of nitrogens with zero attached hydrogens (tertiary/aromatic N) is 3. The Morgan fingerprint density at radius 2 is 1.81 bits per heavy atom. The van der Waals surface area contributed by atoms with Crippen molar-refractivity contribution < 1.29 is 4.79 Å². The summed E-state index contributed by atoms with van der Waals surface area (Å²) in [6.45, 7) is 8.36. The van der Waals surface area contributed by atoms with E-state index in [9.17, 15) is 4.79 Å². The number of carbonyl (C=O) groups excluding carboxylic acids is 1. The number of hydrogen-bond donors (Lipinski definition) is 0. The molecule has 2 rings (SSSR count). The van der Waals surface area contributed by atoms with Crippen molar-refractivity contribution >= 4 is 16.9 Å². The van der Waals surface area contributed by atoms with Crippen LogP contribution in [0.5, 0.6) is 0 Å². The van der Waals surface area contributed by atoms with Crippen LogP contribution in [-0.4, -0.2) is 33.4 Å². The first-order valence-corrected chi connectivity index (χ1v) is 7.93. The summed E-state index contributed by atoms with van der Waals surface area (Å²) in [6, 6.07) is 8.03. The van der Waals surface area contributed by atoms with E-state index in [1.807, 2.05) is 29.2 Å². The van der Waals surface area contributed by atoms with Crippen LogP contribution in [0.1, 0.15) is 39.4 Å². The first-order chi connectivity index (χ1) is 10.2. The molecule has 0 fully saturated rings. The molecule has 1 aromatic carbocycles. The number of amides is 1. The Hall–Kier alpha value is -1.84. The molecule has 0 unspecified atom stereocenters. The van der Waals surface area contributed by atoms with Gasteiger partial charge in [0.25, 0.3) is 0 Å². The molecular formula is C17H25N3O. The highest BCUT2D eigenvalue weighted by Crippen LogP contribution is 2.16. The van der Waals surface area contributed by atoms with Gasteiger partial charge >= 0.3 is 0 Å². The molecule has 1 aromatic heterocycles. The second kappa shape index (κ2) is 7.25. The molecule has 4 nitrogen and oxygen atoms in total. The van der Waals surface area contributed by atoms with Crippen molar-refractivity contribution in [2.24, 2.45) is 0 Å². The summed E-state index contributed by atoms with van der Waals surface area (Å²) in [5, 5.41) is 0. The van der Waals surface area contributed by atoms with Crippen LogP contribution in [-0.2, 0) is 17.8 Å². The molecule has 0 spiro atoms. The first kappa shape index (κ1) is 15.5. The Morgan fingerprint density at radius 3 is 2.43 bits per heavy atom. The molecule has 0 bridgehead atoms. The van der Waals surface area contributed by atoms with Crippen LogP contribution >= 0.6 is 0 Å². The molecule has 0 N–H and O–H groups in total. The predicted molar refractivity (Wildman–Crippen MR) is 86.3 cm³/mol. The number of benzene rings is 1. The van der Waals surface area contributed by atoms with Crippen molar-refractivity contribution in [3.63, 3.8) is 0 Å². The van der Waals surface area contributed by atoms with Crippen molar-refractivity contribution in [3.05, 3.63) is 30.1 Å². The lowest BCUT2D eigenvalue weighted by atomic mass is 10.3. The maximum absolute atomic E-state index is 12.6. The molecule has 21 heavy (non-hydrogen) atoms. The summed E-state index contributed by atoms with van der Waals surface area (Å²) in [7, 11) is 0. The number of para-hydroxylation sites is 2. The number of aromatic nitrogens is 2. The molecule has 1 heterocycles. The van der Waals surface area contributed by atoms with Gasteiger partial charge in [-0.1, -0.05) is 32.9 Å². The summed E-state index contributed by atoms with van der Waals surface area (Å²) in [5.41, 5.74) is 2.02. The van der Waals surface area contributed by atoms with Gasteiger partial charge in [0.05, 0.1) is 11.0 Å². The minimum absolute atomic E-state index is 0.191. The van der Waals surface area contributed by atoms with Gasteiger partial charge in [0.15, 0.2) is 0 Å². The molecule has 0 aliphatic carbocycles. The minimum Gasteiger partial charge on any atom is -0.341 e. The van der Waals surface area contributed by atoms with Gasteiger partial charge in [-0.3, -0.25) is 4.79 Å². The van der Waals surface area contributed by atoms with Crippen LogP contribution in [0.15, 0.2) is 24.3 Å². The molecule has 114 valence electrons. The highest BCUT2D eigenvalue weighted by atomic mass is 16.2. The molecule has 0 aliphatic heterocycles. The highest BCUT2D eigenvalue weighted by Gasteiger charge is 2.16. The molecule has 0 aliphatic rings. The summed E-state index contributed by atoms with van der Waals surface area (Å²) in [4.78, 5) is 19.2. The Kier molecular flexibility index (Phi) is 5.37. The lowest BCUT2D eigenvalue weighted by Gasteiger charge is -2.22. The van der Waals surface area contributed by atoms with Crippen LogP contribution in [0.25, 0.3) is 11.0 Å². The zero-order valence-corrected chi connectivity index (χ0v) is 13.3. The summed E-state index contributed by atoms with van der Waals surface area (Å²) in [5.74, 6) is 1.18. The van der Waals surface area contributed by atoms with E-state index in [1.165, 1.54) is 0 Å². The topological polar surface area (TPSA) is 38.1 Å². The van der Waals surface area contributed by atoms with E-state index in [0.717, 1.165) is 49.2 Å². The molecule has 4 heteroatoms. The van der Waals surface area contributed by atoms with Crippen molar-refractivity contribution in [1.82, 2.24) is 14.5 Å². The fraction of sp³-hybridized carbons (Fsp3) is 0.529. The van der Waals surface area contributed by atoms with Gasteiger partial charge in [-0.15, -0.1) is 0 Å². The second-order valence-corrected chi connectivity index (χ2v) is 5.34. The molecule has 0 saturated carbocycles. The third-order valence-corrected chi connectivity index (χ3v) is 3.68. The Balaban J connectivity index is 2.27. The molecule has 2 aromatic rings. The average Bonchev–Trinajstić information content (AvgIpc) is 2.85. The molecular weight excluding hydrogens is 262 g/mol. The maximum Gasteiger partial charge on any atom is 0.242 e. The first-order valence-electron chi connectivity index (χ1n) is 7.93. The Morgan fingerprint density at radius 1 is 1.14 bits per heavy atom. The van der Waals surface area contributed by atoms with Gasteiger partial charge in [-0.25, -0.2) is 4.98 Å². The molecule has 0 saturated heterocycles. The number of rotatable bonds is 7. The maximum atomic E-state index is 12.6. The minimum atomic E-state index is 0.191. The van der Waals surface area contributed by atoms with Crippen LogP contribution in [0.4, 0.5) is 0 Å². The van der Waals surface area contributed by atoms with Crippen molar-refractivity contribution in [2.45, 2.75) is 46.6 Å². The predicted octanol–water partition coefficient (Wildman–Crippen LogP) is 3.25. The van der Waals surface area contributed by atoms with E-state index in [0.29, 0.717) is 6.54 Å². The lowest BCUT2D eigenvalue weighted by Crippen LogP contribution is -2.35. The van der Waals surface area contributed by atoms with Gasteiger partial charge in [0, 0.05) is 19.5 Å². The van der Waals surface area contributed by atoms with Crippen molar-refractivity contribution in [3.8, 4) is 0 Å². The third kappa shape index (κ3) is 3.43. The Labute approximate surface area is 126 Å². The van der Waals surface area contributed by atoms with Crippen LogP contribution in [0.3, 0.4) is 0 Å². The zero-order chi connectivity index (χ0) is 15.2. The average molecular weight is 287 g/mol. The standard InChI is InChI=1S/C17H25N3O/c1-4-11-19(12-5-2)17(21)13-20-15-10-8-7-9-14(15)18-16(20)6-3/h7-10H,4-6,11-13H2,1-3H3. The van der Waals surface area contributed by atoms with E-state index in [4.69, 9.17) is 0 Å². The largest absolute Gasteiger partial charge is 0.341 e. The SMILES string of the molecule is CCCN(CCC)C(=O)Cn1c(CC)nc2ccccc21. The quantitative estimate of drug-likeness (QED) is 0.784. The third-order valence-electron chi connectivity index (χ3n) is 3.68. The fourth-order valence-corrected chi connectivity index (χ4v) is 2.71. The second-order valence-electron chi connectivity index (χ2n) is 5.34. The van der Waals surface area contributed by atoms with E-state index in [2.05, 4.69) is 30.3 Å². The van der Waals surface area contributed by atoms with Gasteiger partial charge < -0.3 is 9.47 Å². The molecule has 1 amide bonds. The van der Waals surface area contributed by atoms with Gasteiger partial charge in [0.2, 0.25) is 5.91 Å². The number of hydrogen-bond acceptors (Lipinski definition) is 2. The van der Waals surface area contributed by atoms with Gasteiger partial charge in [-0.05, 0) is 25.0 Å². The van der Waals surface area contributed by atoms with E-state index >= 15 is 0 Å². The van der Waals surface area contributed by atoms with Crippen LogP contribution < -0.4 is 0 Å². The van der Waals surface area contributed by atoms with E-state index < -0.39 is 0 Å². The summed E-state index contributed by atoms with van der Waals surface area (Å²) < 4.78 is 2.07. The number of imidazole rings is 1. The van der Waals surface area contributed by atoms with Crippen LogP contribution in [0.2, 0.25) is 0 Å². The van der Waals surface area contributed by atoms with Crippen LogP contribution in [0, 0.1) is 0 Å². The van der Waals surface area contributed by atoms with Crippen molar-refractivity contribution in [2.75, 3.05) is 13.1 Å². The highest BCUT2D eigenvalue weighted by molar-refractivity contribution is 5.81. The van der Waals surface area contributed by atoms with E-state index in [1.54, 1.807) is 0 Å². The fourth-order valence-electron chi connectivity index (χ4n) is 2.71. The number of aryl methyl sites for hydroxylation is 1. The summed E-state index contributed by atoms with van der Waals surface area (Å²) >= 11 is 0. The number of carbonyl (C=O) groups is 1. The van der Waals surface area contributed by atoms with Gasteiger partial charge in [0.1, 0.15) is 12.4 Å². The van der Waals surface area contributed by atoms with Crippen molar-refractivity contribution in [1.29, 1.82) is 0 Å². The normalized spacial score (nSPS) is 11.0. The van der Waals surface area contributed by atoms with Gasteiger partial charge in [-0.2, -0.15) is 0 Å². The lowest BCUT2D eigenvalue weighted by molar-refractivity contribution is -0.131. The molecule has 0 atom stereocenters.